The van der Waals surface area contributed by atoms with Gasteiger partial charge in [0, 0.05) is 31.1 Å². The number of rotatable bonds is 8. The quantitative estimate of drug-likeness (QED) is 0.318. The Morgan fingerprint density at radius 3 is 2.32 bits per heavy atom. The molecule has 4 nitrogen and oxygen atoms in total. The monoisotopic (exact) mass is 284 g/mol. The van der Waals surface area contributed by atoms with Crippen molar-refractivity contribution in [1.29, 1.82) is 0 Å². The Kier molecular flexibility index (Phi) is 7.55. The molecule has 0 saturated carbocycles. The van der Waals surface area contributed by atoms with Gasteiger partial charge in [0.05, 0.1) is 7.11 Å². The highest BCUT2D eigenvalue weighted by Gasteiger charge is 2.08. The Hall–Kier alpha value is -1.04. The number of thioether (sulfide) groups is 1. The third kappa shape index (κ3) is 5.63. The average molecular weight is 284 g/mol. The predicted octanol–water partition coefficient (Wildman–Crippen LogP) is 3.02. The molecule has 0 aliphatic rings. The summed E-state index contributed by atoms with van der Waals surface area (Å²) < 4.78 is 15.0. The van der Waals surface area contributed by atoms with Crippen LogP contribution in [-0.2, 0) is 19.0 Å². The van der Waals surface area contributed by atoms with Crippen LogP contribution >= 0.6 is 11.8 Å². The maximum Gasteiger partial charge on any atom is 0.305 e. The number of methoxy groups -OCH3 is 3. The van der Waals surface area contributed by atoms with Crippen LogP contribution < -0.4 is 0 Å². The first kappa shape index (κ1) is 16.0. The minimum atomic E-state index is -0.321. The zero-order chi connectivity index (χ0) is 14.1. The predicted molar refractivity (Wildman–Crippen MR) is 75.2 cm³/mol. The van der Waals surface area contributed by atoms with E-state index in [1.807, 2.05) is 24.3 Å². The maximum absolute atomic E-state index is 10.9. The second-order valence-corrected chi connectivity index (χ2v) is 5.07. The molecule has 0 atom stereocenters. The molecule has 1 aromatic rings. The number of hydrogen-bond acceptors (Lipinski definition) is 5. The Bertz CT molecular complexity index is 374. The van der Waals surface area contributed by atoms with Crippen molar-refractivity contribution in [2.45, 2.75) is 24.0 Å². The second-order valence-electron chi connectivity index (χ2n) is 3.90. The van der Waals surface area contributed by atoms with Gasteiger partial charge in [-0.2, -0.15) is 0 Å². The molecule has 0 amide bonds. The minimum Gasteiger partial charge on any atom is -0.469 e. The van der Waals surface area contributed by atoms with E-state index in [1.54, 1.807) is 26.0 Å². The van der Waals surface area contributed by atoms with Gasteiger partial charge in [-0.05, 0) is 24.3 Å². The van der Waals surface area contributed by atoms with E-state index in [0.29, 0.717) is 6.42 Å². The lowest BCUT2D eigenvalue weighted by molar-refractivity contribution is -0.140. The van der Waals surface area contributed by atoms with E-state index in [0.717, 1.165) is 17.7 Å². The summed E-state index contributed by atoms with van der Waals surface area (Å²) in [6, 6.07) is 8.03. The number of benzene rings is 1. The highest BCUT2D eigenvalue weighted by atomic mass is 32.2. The van der Waals surface area contributed by atoms with E-state index in [2.05, 4.69) is 4.74 Å². The number of carbonyl (C=O) groups excluding carboxylic acids is 1. The molecule has 0 spiro atoms. The van der Waals surface area contributed by atoms with Crippen LogP contribution in [0.2, 0.25) is 0 Å². The largest absolute Gasteiger partial charge is 0.469 e. The van der Waals surface area contributed by atoms with E-state index in [1.165, 1.54) is 12.0 Å². The maximum atomic E-state index is 10.9. The zero-order valence-electron chi connectivity index (χ0n) is 11.5. The topological polar surface area (TPSA) is 44.8 Å². The lowest BCUT2D eigenvalue weighted by Gasteiger charge is -2.13. The van der Waals surface area contributed by atoms with Gasteiger partial charge < -0.3 is 14.2 Å². The van der Waals surface area contributed by atoms with Crippen molar-refractivity contribution in [2.24, 2.45) is 0 Å². The lowest BCUT2D eigenvalue weighted by Crippen LogP contribution is -2.03. The van der Waals surface area contributed by atoms with Crippen LogP contribution in [0.25, 0.3) is 0 Å². The standard InChI is InChI=1S/C14H20O4S/c1-16-13(15)5-4-10-19-12-8-6-11(7-9-12)14(17-2)18-3/h6-9,14H,4-5,10H2,1-3H3. The van der Waals surface area contributed by atoms with Crippen LogP contribution in [0.3, 0.4) is 0 Å². The summed E-state index contributed by atoms with van der Waals surface area (Å²) >= 11 is 1.72. The third-order valence-electron chi connectivity index (χ3n) is 2.60. The van der Waals surface area contributed by atoms with Crippen molar-refractivity contribution in [3.63, 3.8) is 0 Å². The molecular weight excluding hydrogens is 264 g/mol. The van der Waals surface area contributed by atoms with Crippen molar-refractivity contribution < 1.29 is 19.0 Å². The molecule has 0 fully saturated rings. The van der Waals surface area contributed by atoms with Gasteiger partial charge >= 0.3 is 5.97 Å². The number of esters is 1. The van der Waals surface area contributed by atoms with Gasteiger partial charge in [0.15, 0.2) is 6.29 Å². The molecule has 0 aliphatic heterocycles. The molecule has 1 rings (SSSR count). The molecule has 106 valence electrons. The van der Waals surface area contributed by atoms with Crippen LogP contribution in [0.1, 0.15) is 24.7 Å². The van der Waals surface area contributed by atoms with Crippen molar-refractivity contribution in [1.82, 2.24) is 0 Å². The fraction of sp³-hybridized carbons (Fsp3) is 0.500. The Labute approximate surface area is 118 Å². The summed E-state index contributed by atoms with van der Waals surface area (Å²) in [6.07, 6.45) is 0.966. The van der Waals surface area contributed by atoms with Crippen LogP contribution in [0.5, 0.6) is 0 Å². The number of hydrogen-bond donors (Lipinski definition) is 0. The molecule has 0 bridgehead atoms. The SMILES string of the molecule is COC(=O)CCCSc1ccc(C(OC)OC)cc1. The van der Waals surface area contributed by atoms with E-state index in [-0.39, 0.29) is 12.3 Å². The van der Waals surface area contributed by atoms with Crippen LogP contribution in [0, 0.1) is 0 Å². The van der Waals surface area contributed by atoms with E-state index >= 15 is 0 Å². The van der Waals surface area contributed by atoms with Gasteiger partial charge in [-0.25, -0.2) is 0 Å². The van der Waals surface area contributed by atoms with Crippen molar-refractivity contribution in [3.8, 4) is 0 Å². The molecule has 0 N–H and O–H groups in total. The van der Waals surface area contributed by atoms with Gasteiger partial charge in [-0.15, -0.1) is 11.8 Å². The molecule has 0 aromatic heterocycles. The molecule has 5 heteroatoms. The molecule has 0 aliphatic carbocycles. The van der Waals surface area contributed by atoms with Crippen molar-refractivity contribution in [2.75, 3.05) is 27.1 Å². The highest BCUT2D eigenvalue weighted by molar-refractivity contribution is 7.99. The second kappa shape index (κ2) is 8.96. The molecule has 19 heavy (non-hydrogen) atoms. The molecular formula is C14H20O4S. The lowest BCUT2D eigenvalue weighted by atomic mass is 10.2. The van der Waals surface area contributed by atoms with Gasteiger partial charge in [0.25, 0.3) is 0 Å². The Morgan fingerprint density at radius 2 is 1.79 bits per heavy atom. The Balaban J connectivity index is 2.38. The average Bonchev–Trinajstić information content (AvgIpc) is 2.46. The first-order valence-corrected chi connectivity index (χ1v) is 7.05. The van der Waals surface area contributed by atoms with E-state index < -0.39 is 0 Å². The summed E-state index contributed by atoms with van der Waals surface area (Å²) in [6.45, 7) is 0. The van der Waals surface area contributed by atoms with E-state index in [4.69, 9.17) is 9.47 Å². The molecule has 1 aromatic carbocycles. The third-order valence-corrected chi connectivity index (χ3v) is 3.70. The first-order chi connectivity index (χ1) is 9.21. The summed E-state index contributed by atoms with van der Waals surface area (Å²) in [7, 11) is 4.64. The van der Waals surface area contributed by atoms with Gasteiger partial charge in [0.1, 0.15) is 0 Å². The van der Waals surface area contributed by atoms with Crippen LogP contribution in [0.15, 0.2) is 29.2 Å². The van der Waals surface area contributed by atoms with Crippen molar-refractivity contribution in [3.05, 3.63) is 29.8 Å². The smallest absolute Gasteiger partial charge is 0.305 e. The first-order valence-electron chi connectivity index (χ1n) is 6.06. The molecule has 0 heterocycles. The molecule has 0 radical (unpaired) electrons. The number of carbonyl (C=O) groups is 1. The minimum absolute atomic E-state index is 0.154. The highest BCUT2D eigenvalue weighted by Crippen LogP contribution is 2.23. The summed E-state index contributed by atoms with van der Waals surface area (Å²) in [5.41, 5.74) is 0.990. The van der Waals surface area contributed by atoms with Gasteiger partial charge in [-0.1, -0.05) is 12.1 Å². The number of ether oxygens (including phenoxy) is 3. The van der Waals surface area contributed by atoms with Gasteiger partial charge in [0.2, 0.25) is 0 Å². The Morgan fingerprint density at radius 1 is 1.16 bits per heavy atom. The molecule has 0 saturated heterocycles. The summed E-state index contributed by atoms with van der Waals surface area (Å²) in [5, 5.41) is 0. The van der Waals surface area contributed by atoms with Crippen LogP contribution in [0.4, 0.5) is 0 Å². The molecule has 0 unspecified atom stereocenters. The zero-order valence-corrected chi connectivity index (χ0v) is 12.4. The van der Waals surface area contributed by atoms with E-state index in [9.17, 15) is 4.79 Å². The summed E-state index contributed by atoms with van der Waals surface area (Å²) in [5.74, 6) is 0.742. The van der Waals surface area contributed by atoms with Gasteiger partial charge in [-0.3, -0.25) is 4.79 Å². The summed E-state index contributed by atoms with van der Waals surface area (Å²) in [4.78, 5) is 12.1. The van der Waals surface area contributed by atoms with Crippen LogP contribution in [-0.4, -0.2) is 33.1 Å². The normalized spacial score (nSPS) is 10.7. The fourth-order valence-corrected chi connectivity index (χ4v) is 2.45. The van der Waals surface area contributed by atoms with Crippen molar-refractivity contribution >= 4 is 17.7 Å². The fourth-order valence-electron chi connectivity index (χ4n) is 1.60.